The predicted molar refractivity (Wildman–Crippen MR) is 123 cm³/mol. The monoisotopic (exact) mass is 436 g/mol. The number of pyridine rings is 1. The van der Waals surface area contributed by atoms with Crippen LogP contribution in [0.3, 0.4) is 0 Å². The van der Waals surface area contributed by atoms with Crippen LogP contribution in [0.4, 0.5) is 0 Å². The van der Waals surface area contributed by atoms with Gasteiger partial charge in [-0.2, -0.15) is 0 Å². The predicted octanol–water partition coefficient (Wildman–Crippen LogP) is 3.28. The number of tetrazole rings is 1. The Morgan fingerprint density at radius 3 is 2.72 bits per heavy atom. The third-order valence-corrected chi connectivity index (χ3v) is 7.08. The van der Waals surface area contributed by atoms with Gasteiger partial charge in [0, 0.05) is 12.2 Å². The van der Waals surface area contributed by atoms with Gasteiger partial charge in [0.15, 0.2) is 5.82 Å². The van der Waals surface area contributed by atoms with Crippen molar-refractivity contribution < 1.29 is 4.74 Å². The van der Waals surface area contributed by atoms with E-state index in [1.807, 2.05) is 10.7 Å². The number of H-pyrrole nitrogens is 1. The number of hydrogen-bond donors (Lipinski definition) is 1. The van der Waals surface area contributed by atoms with E-state index in [9.17, 15) is 4.79 Å². The number of aryl methyl sites for hydroxylation is 2. The highest BCUT2D eigenvalue weighted by Crippen LogP contribution is 2.30. The Labute approximate surface area is 188 Å². The Hall–Kier alpha value is -2.58. The first kappa shape index (κ1) is 21.3. The number of ether oxygens (including phenoxy) is 1. The lowest BCUT2D eigenvalue weighted by Crippen LogP contribution is -2.36. The highest BCUT2D eigenvalue weighted by molar-refractivity contribution is 5.83. The number of nitrogens with zero attached hydrogens (tertiary/aromatic N) is 5. The maximum absolute atomic E-state index is 13.4. The zero-order valence-corrected chi connectivity index (χ0v) is 19.0. The second kappa shape index (κ2) is 9.11. The number of benzene rings is 1. The fraction of sp³-hybridized carbons (Fsp3) is 0.583. The molecule has 8 heteroatoms. The summed E-state index contributed by atoms with van der Waals surface area (Å²) in [5.74, 6) is 0.732. The molecular formula is C24H32N6O2. The van der Waals surface area contributed by atoms with Crippen molar-refractivity contribution >= 4 is 10.9 Å². The van der Waals surface area contributed by atoms with Gasteiger partial charge in [-0.15, -0.1) is 5.10 Å². The van der Waals surface area contributed by atoms with Crippen LogP contribution in [0.25, 0.3) is 10.9 Å². The number of aromatic amines is 1. The SMILES string of the molecule is Cc1ccc2cc([C@H](c3nnnn3C[C@H]3CCCO3)N3CCCCCC3)c(=O)[nH]c2c1C. The zero-order chi connectivity index (χ0) is 22.1. The number of nitrogens with one attached hydrogen (secondary N) is 1. The van der Waals surface area contributed by atoms with Crippen molar-refractivity contribution in [3.05, 3.63) is 51.1 Å². The summed E-state index contributed by atoms with van der Waals surface area (Å²) >= 11 is 0. The molecule has 0 unspecified atom stereocenters. The third-order valence-electron chi connectivity index (χ3n) is 7.08. The standard InChI is InChI=1S/C24H32N6O2/c1-16-9-10-18-14-20(24(31)25-21(18)17(16)2)22(29-11-5-3-4-6-12-29)23-26-27-28-30(23)15-19-8-7-13-32-19/h9-10,14,19,22H,3-8,11-13,15H2,1-2H3,(H,25,31)/t19-,22-/m1/s1. The van der Waals surface area contributed by atoms with Crippen LogP contribution in [0.15, 0.2) is 23.0 Å². The molecular weight excluding hydrogens is 404 g/mol. The number of likely N-dealkylation sites (tertiary alicyclic amines) is 1. The number of hydrogen-bond acceptors (Lipinski definition) is 6. The van der Waals surface area contributed by atoms with E-state index in [0.29, 0.717) is 12.1 Å². The van der Waals surface area contributed by atoms with Crippen LogP contribution in [-0.4, -0.2) is 55.9 Å². The van der Waals surface area contributed by atoms with Crippen molar-refractivity contribution in [3.63, 3.8) is 0 Å². The lowest BCUT2D eigenvalue weighted by atomic mass is 10.00. The van der Waals surface area contributed by atoms with Crippen LogP contribution in [0, 0.1) is 13.8 Å². The second-order valence-electron chi connectivity index (χ2n) is 9.23. The Balaban J connectivity index is 1.61. The van der Waals surface area contributed by atoms with Gasteiger partial charge in [0.2, 0.25) is 0 Å². The van der Waals surface area contributed by atoms with Crippen LogP contribution in [0.5, 0.6) is 0 Å². The van der Waals surface area contributed by atoms with E-state index in [2.05, 4.69) is 51.4 Å². The molecule has 1 N–H and O–H groups in total. The van der Waals surface area contributed by atoms with Crippen LogP contribution in [-0.2, 0) is 11.3 Å². The summed E-state index contributed by atoms with van der Waals surface area (Å²) in [7, 11) is 0. The Morgan fingerprint density at radius 1 is 1.16 bits per heavy atom. The van der Waals surface area contributed by atoms with E-state index in [1.165, 1.54) is 18.4 Å². The number of fused-ring (bicyclic) bond motifs is 1. The first-order valence-corrected chi connectivity index (χ1v) is 11.9. The van der Waals surface area contributed by atoms with E-state index in [4.69, 9.17) is 4.74 Å². The van der Waals surface area contributed by atoms with Crippen molar-refractivity contribution in [2.75, 3.05) is 19.7 Å². The first-order valence-electron chi connectivity index (χ1n) is 11.9. The summed E-state index contributed by atoms with van der Waals surface area (Å²) < 4.78 is 7.70. The first-order chi connectivity index (χ1) is 15.6. The molecule has 0 aliphatic carbocycles. The molecule has 2 fully saturated rings. The second-order valence-corrected chi connectivity index (χ2v) is 9.23. The molecule has 2 saturated heterocycles. The Kier molecular flexibility index (Phi) is 6.06. The Bertz CT molecular complexity index is 1140. The molecule has 2 aromatic heterocycles. The molecule has 0 saturated carbocycles. The lowest BCUT2D eigenvalue weighted by molar-refractivity contribution is 0.0909. The largest absolute Gasteiger partial charge is 0.376 e. The zero-order valence-electron chi connectivity index (χ0n) is 19.0. The van der Waals surface area contributed by atoms with Gasteiger partial charge in [-0.1, -0.05) is 25.0 Å². The quantitative estimate of drug-likeness (QED) is 0.660. The normalized spacial score (nSPS) is 21.1. The fourth-order valence-corrected chi connectivity index (χ4v) is 5.12. The average Bonchev–Trinajstić information content (AvgIpc) is 3.39. The van der Waals surface area contributed by atoms with Crippen molar-refractivity contribution in [1.82, 2.24) is 30.1 Å². The van der Waals surface area contributed by atoms with Crippen LogP contribution in [0.1, 0.15) is 67.1 Å². The van der Waals surface area contributed by atoms with E-state index in [1.54, 1.807) is 0 Å². The molecule has 0 bridgehead atoms. The summed E-state index contributed by atoms with van der Waals surface area (Å²) in [6.45, 7) is 7.41. The third kappa shape index (κ3) is 4.09. The van der Waals surface area contributed by atoms with Crippen LogP contribution >= 0.6 is 0 Å². The summed E-state index contributed by atoms with van der Waals surface area (Å²) in [6.07, 6.45) is 6.89. The smallest absolute Gasteiger partial charge is 0.253 e. The molecule has 8 nitrogen and oxygen atoms in total. The molecule has 1 aromatic carbocycles. The highest BCUT2D eigenvalue weighted by Gasteiger charge is 2.32. The maximum Gasteiger partial charge on any atom is 0.253 e. The topological polar surface area (TPSA) is 88.9 Å². The van der Waals surface area contributed by atoms with Gasteiger partial charge in [-0.3, -0.25) is 9.69 Å². The van der Waals surface area contributed by atoms with E-state index < -0.39 is 0 Å². The molecule has 2 aliphatic rings. The molecule has 4 heterocycles. The number of aromatic nitrogens is 5. The Morgan fingerprint density at radius 2 is 1.97 bits per heavy atom. The molecule has 3 aromatic rings. The van der Waals surface area contributed by atoms with Gasteiger partial charge in [0.1, 0.15) is 6.04 Å². The van der Waals surface area contributed by atoms with E-state index in [-0.39, 0.29) is 17.7 Å². The van der Waals surface area contributed by atoms with Gasteiger partial charge in [0.05, 0.1) is 18.2 Å². The minimum atomic E-state index is -0.278. The van der Waals surface area contributed by atoms with Gasteiger partial charge < -0.3 is 9.72 Å². The van der Waals surface area contributed by atoms with E-state index in [0.717, 1.165) is 67.7 Å². The van der Waals surface area contributed by atoms with Crippen molar-refractivity contribution in [3.8, 4) is 0 Å². The summed E-state index contributed by atoms with van der Waals surface area (Å²) in [5.41, 5.74) is 3.84. The fourth-order valence-electron chi connectivity index (χ4n) is 5.12. The molecule has 32 heavy (non-hydrogen) atoms. The maximum atomic E-state index is 13.4. The van der Waals surface area contributed by atoms with Gasteiger partial charge in [-0.05, 0) is 85.6 Å². The lowest BCUT2D eigenvalue weighted by Gasteiger charge is -2.30. The molecule has 2 atom stereocenters. The van der Waals surface area contributed by atoms with Gasteiger partial charge >= 0.3 is 0 Å². The molecule has 0 amide bonds. The molecule has 0 radical (unpaired) electrons. The van der Waals surface area contributed by atoms with Crippen LogP contribution in [0.2, 0.25) is 0 Å². The summed E-state index contributed by atoms with van der Waals surface area (Å²) in [6, 6.07) is 5.97. The van der Waals surface area contributed by atoms with Gasteiger partial charge in [0.25, 0.3) is 5.56 Å². The van der Waals surface area contributed by atoms with Gasteiger partial charge in [-0.25, -0.2) is 4.68 Å². The molecule has 5 rings (SSSR count). The van der Waals surface area contributed by atoms with Crippen molar-refractivity contribution in [1.29, 1.82) is 0 Å². The minimum Gasteiger partial charge on any atom is -0.376 e. The number of rotatable bonds is 5. The summed E-state index contributed by atoms with van der Waals surface area (Å²) in [5, 5.41) is 13.8. The van der Waals surface area contributed by atoms with Crippen molar-refractivity contribution in [2.45, 2.75) is 71.1 Å². The molecule has 0 spiro atoms. The van der Waals surface area contributed by atoms with Crippen LogP contribution < -0.4 is 5.56 Å². The minimum absolute atomic E-state index is 0.0629. The highest BCUT2D eigenvalue weighted by atomic mass is 16.5. The molecule has 2 aliphatic heterocycles. The van der Waals surface area contributed by atoms with Crippen molar-refractivity contribution in [2.24, 2.45) is 0 Å². The van der Waals surface area contributed by atoms with E-state index >= 15 is 0 Å². The summed E-state index contributed by atoms with van der Waals surface area (Å²) in [4.78, 5) is 19.0. The molecule has 170 valence electrons. The average molecular weight is 437 g/mol.